The molecule has 5 rings (SSSR count). The summed E-state index contributed by atoms with van der Waals surface area (Å²) in [5.41, 5.74) is -0.00171. The number of hydrogen-bond donors (Lipinski definition) is 2. The maximum Gasteiger partial charge on any atom is 0.341 e. The van der Waals surface area contributed by atoms with Gasteiger partial charge in [-0.2, -0.15) is 0 Å². The zero-order valence-corrected chi connectivity index (χ0v) is 16.5. The summed E-state index contributed by atoms with van der Waals surface area (Å²) in [7, 11) is 3.41. The van der Waals surface area contributed by atoms with Crippen molar-refractivity contribution in [3.63, 3.8) is 0 Å². The van der Waals surface area contributed by atoms with Gasteiger partial charge in [0.1, 0.15) is 11.3 Å². The van der Waals surface area contributed by atoms with Crippen molar-refractivity contribution in [1.29, 1.82) is 0 Å². The second-order valence-electron chi connectivity index (χ2n) is 8.54. The summed E-state index contributed by atoms with van der Waals surface area (Å²) < 4.78 is 22.8. The van der Waals surface area contributed by atoms with Crippen molar-refractivity contribution < 1.29 is 19.0 Å². The summed E-state index contributed by atoms with van der Waals surface area (Å²) in [6.45, 7) is 1.40. The summed E-state index contributed by atoms with van der Waals surface area (Å²) in [5, 5.41) is 12.9. The quantitative estimate of drug-likeness (QED) is 0.800. The van der Waals surface area contributed by atoms with Crippen LogP contribution in [0.3, 0.4) is 0 Å². The number of carboxylic acids is 1. The molecular weight excluding hydrogens is 377 g/mol. The van der Waals surface area contributed by atoms with E-state index >= 15 is 4.39 Å². The minimum Gasteiger partial charge on any atom is -0.492 e. The summed E-state index contributed by atoms with van der Waals surface area (Å²) in [6, 6.07) is 1.57. The molecule has 8 heteroatoms. The monoisotopic (exact) mass is 401 g/mol. The van der Waals surface area contributed by atoms with E-state index in [4.69, 9.17) is 4.74 Å². The molecule has 1 atom stereocenters. The third-order valence-electron chi connectivity index (χ3n) is 6.78. The number of methoxy groups -OCH3 is 1. The Morgan fingerprint density at radius 2 is 2.10 bits per heavy atom. The number of pyridine rings is 1. The van der Waals surface area contributed by atoms with Crippen LogP contribution in [0.5, 0.6) is 5.75 Å². The third kappa shape index (κ3) is 2.65. The number of carboxylic acid groups (broad SMARTS) is 1. The molecule has 1 aromatic carbocycles. The van der Waals surface area contributed by atoms with Crippen LogP contribution in [0.2, 0.25) is 0 Å². The van der Waals surface area contributed by atoms with Crippen LogP contribution in [0, 0.1) is 11.2 Å². The molecule has 1 saturated heterocycles. The molecule has 0 unspecified atom stereocenters. The van der Waals surface area contributed by atoms with Crippen molar-refractivity contribution in [3.05, 3.63) is 33.9 Å². The fourth-order valence-electron chi connectivity index (χ4n) is 4.93. The number of halogens is 1. The summed E-state index contributed by atoms with van der Waals surface area (Å²) in [6.07, 6.45) is 5.39. The minimum absolute atomic E-state index is 0.0559. The molecule has 3 fully saturated rings. The lowest BCUT2D eigenvalue weighted by atomic mass is 10.0. The number of hydrogen-bond acceptors (Lipinski definition) is 5. The van der Waals surface area contributed by atoms with Gasteiger partial charge < -0.3 is 24.6 Å². The predicted molar refractivity (Wildman–Crippen MR) is 107 cm³/mol. The van der Waals surface area contributed by atoms with Gasteiger partial charge in [0.15, 0.2) is 11.6 Å². The number of anilines is 1. The van der Waals surface area contributed by atoms with Crippen molar-refractivity contribution in [2.75, 3.05) is 32.1 Å². The average molecular weight is 401 g/mol. The van der Waals surface area contributed by atoms with E-state index in [0.29, 0.717) is 23.5 Å². The molecule has 154 valence electrons. The molecule has 0 radical (unpaired) electrons. The van der Waals surface area contributed by atoms with E-state index in [1.807, 2.05) is 11.9 Å². The number of aromatic nitrogens is 1. The fraction of sp³-hybridized carbons (Fsp3) is 0.524. The summed E-state index contributed by atoms with van der Waals surface area (Å²) in [4.78, 5) is 26.4. The largest absolute Gasteiger partial charge is 0.492 e. The number of rotatable bonds is 5. The smallest absolute Gasteiger partial charge is 0.341 e. The Morgan fingerprint density at radius 1 is 1.38 bits per heavy atom. The van der Waals surface area contributed by atoms with Gasteiger partial charge in [-0.25, -0.2) is 9.18 Å². The summed E-state index contributed by atoms with van der Waals surface area (Å²) >= 11 is 0. The van der Waals surface area contributed by atoms with Gasteiger partial charge in [0.05, 0.1) is 18.0 Å². The second-order valence-corrected chi connectivity index (χ2v) is 8.54. The molecule has 2 aromatic rings. The normalized spacial score (nSPS) is 22.4. The molecule has 0 amide bonds. The van der Waals surface area contributed by atoms with E-state index in [0.717, 1.165) is 32.2 Å². The first-order valence-electron chi connectivity index (χ1n) is 10.0. The first kappa shape index (κ1) is 18.4. The van der Waals surface area contributed by atoms with E-state index < -0.39 is 17.2 Å². The first-order valence-corrected chi connectivity index (χ1v) is 10.0. The van der Waals surface area contributed by atoms with Gasteiger partial charge in [0, 0.05) is 36.8 Å². The van der Waals surface area contributed by atoms with Crippen LogP contribution in [0.4, 0.5) is 10.1 Å². The standard InChI is InChI=1S/C21H24FN3O4/c1-23-15-9-24(10-21(15)5-6-21)17-14(22)7-12-16(19(17)29-2)25(11-3-4-11)8-13(18(12)26)20(27)28/h7-8,11,15,23H,3-6,9-10H2,1-2H3,(H,27,28)/t15-/m0/s1. The number of carbonyl (C=O) groups is 1. The van der Waals surface area contributed by atoms with Crippen molar-refractivity contribution in [1.82, 2.24) is 9.88 Å². The van der Waals surface area contributed by atoms with Gasteiger partial charge >= 0.3 is 5.97 Å². The van der Waals surface area contributed by atoms with Gasteiger partial charge in [0.25, 0.3) is 0 Å². The fourth-order valence-corrected chi connectivity index (χ4v) is 4.93. The number of aromatic carboxylic acids is 1. The molecule has 1 aromatic heterocycles. The lowest BCUT2D eigenvalue weighted by Crippen LogP contribution is -2.34. The molecule has 3 aliphatic rings. The van der Waals surface area contributed by atoms with Gasteiger partial charge in [-0.3, -0.25) is 4.79 Å². The highest BCUT2D eigenvalue weighted by Gasteiger charge is 2.55. The molecule has 7 nitrogen and oxygen atoms in total. The second kappa shape index (κ2) is 6.19. The zero-order chi connectivity index (χ0) is 20.5. The van der Waals surface area contributed by atoms with E-state index in [-0.39, 0.29) is 28.4 Å². The van der Waals surface area contributed by atoms with Crippen LogP contribution in [0.1, 0.15) is 42.1 Å². The third-order valence-corrected chi connectivity index (χ3v) is 6.78. The topological polar surface area (TPSA) is 83.8 Å². The first-order chi connectivity index (χ1) is 13.9. The number of likely N-dealkylation sites (N-methyl/N-ethyl adjacent to an activating group) is 1. The predicted octanol–water partition coefficient (Wildman–Crippen LogP) is 2.37. The maximum atomic E-state index is 15.3. The lowest BCUT2D eigenvalue weighted by molar-refractivity contribution is 0.0695. The van der Waals surface area contributed by atoms with E-state index in [1.165, 1.54) is 19.4 Å². The van der Waals surface area contributed by atoms with Crippen LogP contribution in [0.15, 0.2) is 17.1 Å². The number of nitrogens with zero attached hydrogens (tertiary/aromatic N) is 2. The number of fused-ring (bicyclic) bond motifs is 1. The average Bonchev–Trinajstić information content (AvgIpc) is 3.60. The Labute approximate surface area is 167 Å². The Hall–Kier alpha value is -2.61. The van der Waals surface area contributed by atoms with Crippen LogP contribution in [-0.2, 0) is 0 Å². The molecule has 1 aliphatic heterocycles. The molecular formula is C21H24FN3O4. The minimum atomic E-state index is -1.30. The molecule has 2 heterocycles. The van der Waals surface area contributed by atoms with Gasteiger partial charge in [-0.05, 0) is 38.8 Å². The highest BCUT2D eigenvalue weighted by molar-refractivity contribution is 5.97. The molecule has 2 aliphatic carbocycles. The Kier molecular flexibility index (Phi) is 3.93. The Balaban J connectivity index is 1.75. The highest BCUT2D eigenvalue weighted by atomic mass is 19.1. The van der Waals surface area contributed by atoms with E-state index in [9.17, 15) is 14.7 Å². The van der Waals surface area contributed by atoms with Crippen LogP contribution >= 0.6 is 0 Å². The number of benzene rings is 1. The molecule has 0 bridgehead atoms. The van der Waals surface area contributed by atoms with Crippen LogP contribution in [-0.4, -0.2) is 48.9 Å². The van der Waals surface area contributed by atoms with Crippen molar-refractivity contribution >= 4 is 22.6 Å². The van der Waals surface area contributed by atoms with Crippen LogP contribution < -0.4 is 20.4 Å². The number of ether oxygens (including phenoxy) is 1. The van der Waals surface area contributed by atoms with E-state index in [2.05, 4.69) is 5.32 Å². The number of nitrogens with one attached hydrogen (secondary N) is 1. The SMILES string of the molecule is CN[C@H]1CN(c2c(F)cc3c(=O)c(C(=O)O)cn(C4CC4)c3c2OC)CC12CC2. The van der Waals surface area contributed by atoms with Crippen molar-refractivity contribution in [3.8, 4) is 5.75 Å². The van der Waals surface area contributed by atoms with Crippen LogP contribution in [0.25, 0.3) is 10.9 Å². The van der Waals surface area contributed by atoms with Gasteiger partial charge in [-0.15, -0.1) is 0 Å². The Morgan fingerprint density at radius 3 is 2.62 bits per heavy atom. The molecule has 2 N–H and O–H groups in total. The molecule has 2 saturated carbocycles. The Bertz CT molecular complexity index is 1090. The molecule has 1 spiro atoms. The highest BCUT2D eigenvalue weighted by Crippen LogP contribution is 2.55. The zero-order valence-electron chi connectivity index (χ0n) is 16.5. The van der Waals surface area contributed by atoms with Gasteiger partial charge in [-0.1, -0.05) is 0 Å². The van der Waals surface area contributed by atoms with Gasteiger partial charge in [0.2, 0.25) is 5.43 Å². The van der Waals surface area contributed by atoms with Crippen molar-refractivity contribution in [2.45, 2.75) is 37.8 Å². The lowest BCUT2D eigenvalue weighted by Gasteiger charge is -2.24. The summed E-state index contributed by atoms with van der Waals surface area (Å²) in [5.74, 6) is -1.54. The van der Waals surface area contributed by atoms with E-state index in [1.54, 1.807) is 4.57 Å². The molecule has 29 heavy (non-hydrogen) atoms. The maximum absolute atomic E-state index is 15.3. The van der Waals surface area contributed by atoms with Crippen molar-refractivity contribution in [2.24, 2.45) is 5.41 Å².